The molecule has 0 radical (unpaired) electrons. The summed E-state index contributed by atoms with van der Waals surface area (Å²) in [5.74, 6) is 2.22. The predicted molar refractivity (Wildman–Crippen MR) is 55.0 cm³/mol. The van der Waals surface area contributed by atoms with E-state index in [9.17, 15) is 0 Å². The number of rotatable bonds is 5. The van der Waals surface area contributed by atoms with Crippen molar-refractivity contribution in [1.82, 2.24) is 14.8 Å². The van der Waals surface area contributed by atoms with Crippen molar-refractivity contribution in [3.8, 4) is 0 Å². The van der Waals surface area contributed by atoms with Crippen molar-refractivity contribution >= 4 is 0 Å². The first kappa shape index (κ1) is 9.65. The summed E-state index contributed by atoms with van der Waals surface area (Å²) in [5, 5.41) is 8.36. The average Bonchev–Trinajstić information content (AvgIpc) is 2.93. The van der Waals surface area contributed by atoms with E-state index < -0.39 is 0 Å². The summed E-state index contributed by atoms with van der Waals surface area (Å²) in [6, 6.07) is 0.692. The van der Waals surface area contributed by atoms with Gasteiger partial charge in [0.15, 0.2) is 0 Å². The van der Waals surface area contributed by atoms with E-state index in [1.165, 1.54) is 12.8 Å². The van der Waals surface area contributed by atoms with Gasteiger partial charge in [-0.2, -0.15) is 0 Å². The Balaban J connectivity index is 2.01. The standard InChI is InChI=1S/C10H18N4/c1-8-12-13-10(4-2-3-7-11)14(8)9-5-6-9/h9H,2-7,11H2,1H3. The van der Waals surface area contributed by atoms with Gasteiger partial charge in [0, 0.05) is 12.5 Å². The Morgan fingerprint density at radius 3 is 2.79 bits per heavy atom. The molecule has 0 saturated heterocycles. The number of unbranched alkanes of at least 4 members (excludes halogenated alkanes) is 1. The second-order valence-corrected chi connectivity index (χ2v) is 4.01. The van der Waals surface area contributed by atoms with Crippen molar-refractivity contribution in [2.75, 3.05) is 6.54 Å². The number of nitrogens with two attached hydrogens (primary N) is 1. The second-order valence-electron chi connectivity index (χ2n) is 4.01. The first-order valence-electron chi connectivity index (χ1n) is 5.43. The number of nitrogens with zero attached hydrogens (tertiary/aromatic N) is 3. The van der Waals surface area contributed by atoms with Crippen molar-refractivity contribution in [1.29, 1.82) is 0 Å². The van der Waals surface area contributed by atoms with Gasteiger partial charge in [-0.1, -0.05) is 0 Å². The second kappa shape index (κ2) is 4.09. The Morgan fingerprint density at radius 2 is 2.14 bits per heavy atom. The molecule has 1 aliphatic rings. The molecular weight excluding hydrogens is 176 g/mol. The van der Waals surface area contributed by atoms with Crippen LogP contribution in [-0.2, 0) is 6.42 Å². The average molecular weight is 194 g/mol. The summed E-state index contributed by atoms with van der Waals surface area (Å²) in [7, 11) is 0. The van der Waals surface area contributed by atoms with E-state index in [0.717, 1.165) is 37.5 Å². The summed E-state index contributed by atoms with van der Waals surface area (Å²) >= 11 is 0. The molecule has 0 spiro atoms. The highest BCUT2D eigenvalue weighted by molar-refractivity contribution is 5.01. The number of hydrogen-bond acceptors (Lipinski definition) is 3. The van der Waals surface area contributed by atoms with Gasteiger partial charge >= 0.3 is 0 Å². The van der Waals surface area contributed by atoms with Gasteiger partial charge in [-0.25, -0.2) is 0 Å². The van der Waals surface area contributed by atoms with Crippen molar-refractivity contribution in [3.05, 3.63) is 11.6 Å². The summed E-state index contributed by atoms with van der Waals surface area (Å²) < 4.78 is 2.30. The van der Waals surface area contributed by atoms with Crippen LogP contribution >= 0.6 is 0 Å². The minimum atomic E-state index is 0.692. The molecule has 1 saturated carbocycles. The summed E-state index contributed by atoms with van der Waals surface area (Å²) in [5.41, 5.74) is 5.47. The predicted octanol–water partition coefficient (Wildman–Crippen LogP) is 1.20. The van der Waals surface area contributed by atoms with Crippen LogP contribution in [0.5, 0.6) is 0 Å². The van der Waals surface area contributed by atoms with Crippen LogP contribution < -0.4 is 5.73 Å². The van der Waals surface area contributed by atoms with Crippen LogP contribution in [0.1, 0.15) is 43.4 Å². The fourth-order valence-electron chi connectivity index (χ4n) is 1.82. The van der Waals surface area contributed by atoms with Gasteiger partial charge in [0.25, 0.3) is 0 Å². The molecule has 1 fully saturated rings. The number of aromatic nitrogens is 3. The molecule has 14 heavy (non-hydrogen) atoms. The zero-order chi connectivity index (χ0) is 9.97. The van der Waals surface area contributed by atoms with Gasteiger partial charge in [-0.15, -0.1) is 10.2 Å². The number of aryl methyl sites for hydroxylation is 2. The Labute approximate surface area is 84.5 Å². The molecule has 1 aliphatic carbocycles. The van der Waals surface area contributed by atoms with E-state index in [1.807, 2.05) is 6.92 Å². The molecule has 0 atom stereocenters. The molecule has 4 nitrogen and oxygen atoms in total. The Bertz CT molecular complexity index is 301. The molecule has 2 N–H and O–H groups in total. The van der Waals surface area contributed by atoms with Crippen LogP contribution in [0.4, 0.5) is 0 Å². The quantitative estimate of drug-likeness (QED) is 0.717. The fraction of sp³-hybridized carbons (Fsp3) is 0.800. The molecule has 4 heteroatoms. The van der Waals surface area contributed by atoms with Crippen LogP contribution in [0.2, 0.25) is 0 Å². The van der Waals surface area contributed by atoms with Gasteiger partial charge in [0.05, 0.1) is 0 Å². The molecule has 2 rings (SSSR count). The fourth-order valence-corrected chi connectivity index (χ4v) is 1.82. The highest BCUT2D eigenvalue weighted by Crippen LogP contribution is 2.36. The minimum Gasteiger partial charge on any atom is -0.330 e. The lowest BCUT2D eigenvalue weighted by Gasteiger charge is -2.05. The Morgan fingerprint density at radius 1 is 1.36 bits per heavy atom. The largest absolute Gasteiger partial charge is 0.330 e. The maximum Gasteiger partial charge on any atom is 0.133 e. The summed E-state index contributed by atoms with van der Waals surface area (Å²) in [4.78, 5) is 0. The lowest BCUT2D eigenvalue weighted by atomic mass is 10.2. The molecule has 0 amide bonds. The van der Waals surface area contributed by atoms with E-state index in [1.54, 1.807) is 0 Å². The number of hydrogen-bond donors (Lipinski definition) is 1. The van der Waals surface area contributed by atoms with Crippen molar-refractivity contribution in [3.63, 3.8) is 0 Å². The Kier molecular flexibility index (Phi) is 2.82. The summed E-state index contributed by atoms with van der Waals surface area (Å²) in [6.45, 7) is 2.81. The lowest BCUT2D eigenvalue weighted by Crippen LogP contribution is -2.05. The van der Waals surface area contributed by atoms with Crippen molar-refractivity contribution in [2.24, 2.45) is 5.73 Å². The molecule has 0 unspecified atom stereocenters. The molecule has 0 aliphatic heterocycles. The molecule has 1 heterocycles. The van der Waals surface area contributed by atoms with Crippen LogP contribution in [0.15, 0.2) is 0 Å². The molecular formula is C10H18N4. The monoisotopic (exact) mass is 194 g/mol. The van der Waals surface area contributed by atoms with Crippen LogP contribution in [0.25, 0.3) is 0 Å². The smallest absolute Gasteiger partial charge is 0.133 e. The van der Waals surface area contributed by atoms with Crippen LogP contribution in [0.3, 0.4) is 0 Å². The van der Waals surface area contributed by atoms with E-state index >= 15 is 0 Å². The topological polar surface area (TPSA) is 56.7 Å². The SMILES string of the molecule is Cc1nnc(CCCCN)n1C1CC1. The molecule has 1 aromatic rings. The van der Waals surface area contributed by atoms with Crippen molar-refractivity contribution < 1.29 is 0 Å². The first-order chi connectivity index (χ1) is 6.83. The summed E-state index contributed by atoms with van der Waals surface area (Å²) in [6.07, 6.45) is 5.82. The van der Waals surface area contributed by atoms with E-state index in [2.05, 4.69) is 14.8 Å². The highest BCUT2D eigenvalue weighted by Gasteiger charge is 2.27. The van der Waals surface area contributed by atoms with Gasteiger partial charge in [0.1, 0.15) is 11.6 Å². The first-order valence-corrected chi connectivity index (χ1v) is 5.43. The van der Waals surface area contributed by atoms with Gasteiger partial charge in [-0.05, 0) is 39.2 Å². The minimum absolute atomic E-state index is 0.692. The van der Waals surface area contributed by atoms with Crippen LogP contribution in [-0.4, -0.2) is 21.3 Å². The van der Waals surface area contributed by atoms with Gasteiger partial charge in [0.2, 0.25) is 0 Å². The third-order valence-electron chi connectivity index (χ3n) is 2.70. The maximum atomic E-state index is 5.47. The van der Waals surface area contributed by atoms with Crippen LogP contribution in [0, 0.1) is 6.92 Å². The van der Waals surface area contributed by atoms with Crippen molar-refractivity contribution in [2.45, 2.75) is 45.1 Å². The molecule has 0 aromatic carbocycles. The normalized spacial score (nSPS) is 16.1. The Hall–Kier alpha value is -0.900. The van der Waals surface area contributed by atoms with E-state index in [4.69, 9.17) is 5.73 Å². The zero-order valence-electron chi connectivity index (χ0n) is 8.74. The molecule has 1 aromatic heterocycles. The molecule has 78 valence electrons. The van der Waals surface area contributed by atoms with E-state index in [-0.39, 0.29) is 0 Å². The maximum absolute atomic E-state index is 5.47. The van der Waals surface area contributed by atoms with Gasteiger partial charge in [-0.3, -0.25) is 0 Å². The molecule has 0 bridgehead atoms. The van der Waals surface area contributed by atoms with E-state index in [0.29, 0.717) is 6.04 Å². The third-order valence-corrected chi connectivity index (χ3v) is 2.70. The zero-order valence-corrected chi connectivity index (χ0v) is 8.74. The van der Waals surface area contributed by atoms with Gasteiger partial charge < -0.3 is 10.3 Å². The highest BCUT2D eigenvalue weighted by atomic mass is 15.3. The third kappa shape index (κ3) is 1.95. The lowest BCUT2D eigenvalue weighted by molar-refractivity contribution is 0.630.